The standard InChI is InChI=1S/C18H22ClN3O3/c1-4-5-6-18(23)22-17-8-7-12(11-20-17)21-14-10-15(24-2)13(19)9-16(14)25-3/h7-11,21H,4-6H2,1-3H3,(H,20,22,23). The highest BCUT2D eigenvalue weighted by atomic mass is 35.5. The zero-order chi connectivity index (χ0) is 18.2. The van der Waals surface area contributed by atoms with E-state index in [0.29, 0.717) is 34.4 Å². The Morgan fingerprint density at radius 3 is 2.56 bits per heavy atom. The van der Waals surface area contributed by atoms with Gasteiger partial charge < -0.3 is 20.1 Å². The molecule has 1 aromatic carbocycles. The van der Waals surface area contributed by atoms with Crippen molar-refractivity contribution in [3.8, 4) is 11.5 Å². The fraction of sp³-hybridized carbons (Fsp3) is 0.333. The Labute approximate surface area is 152 Å². The third-order valence-electron chi connectivity index (χ3n) is 3.54. The highest BCUT2D eigenvalue weighted by Crippen LogP contribution is 2.37. The molecule has 134 valence electrons. The summed E-state index contributed by atoms with van der Waals surface area (Å²) in [6.45, 7) is 2.05. The van der Waals surface area contributed by atoms with Gasteiger partial charge in [0, 0.05) is 18.6 Å². The number of rotatable bonds is 8. The molecule has 0 atom stereocenters. The second-order valence-corrected chi connectivity index (χ2v) is 5.80. The molecule has 0 saturated carbocycles. The number of nitrogens with zero attached hydrogens (tertiary/aromatic N) is 1. The zero-order valence-corrected chi connectivity index (χ0v) is 15.3. The van der Waals surface area contributed by atoms with Crippen LogP contribution in [0, 0.1) is 0 Å². The first-order valence-corrected chi connectivity index (χ1v) is 8.39. The molecule has 0 saturated heterocycles. The van der Waals surface area contributed by atoms with Crippen molar-refractivity contribution in [2.45, 2.75) is 26.2 Å². The van der Waals surface area contributed by atoms with Gasteiger partial charge in [0.05, 0.1) is 36.8 Å². The lowest BCUT2D eigenvalue weighted by Gasteiger charge is -2.14. The van der Waals surface area contributed by atoms with Gasteiger partial charge in [-0.15, -0.1) is 0 Å². The number of unbranched alkanes of at least 4 members (excludes halogenated alkanes) is 1. The summed E-state index contributed by atoms with van der Waals surface area (Å²) >= 11 is 6.10. The summed E-state index contributed by atoms with van der Waals surface area (Å²) in [4.78, 5) is 16.0. The largest absolute Gasteiger partial charge is 0.495 e. The number of halogens is 1. The SMILES string of the molecule is CCCCC(=O)Nc1ccc(Nc2cc(OC)c(Cl)cc2OC)cn1. The molecule has 2 N–H and O–H groups in total. The fourth-order valence-corrected chi connectivity index (χ4v) is 2.43. The minimum Gasteiger partial charge on any atom is -0.495 e. The molecule has 0 aliphatic rings. The molecule has 0 radical (unpaired) electrons. The van der Waals surface area contributed by atoms with E-state index in [0.717, 1.165) is 18.5 Å². The lowest BCUT2D eigenvalue weighted by atomic mass is 10.2. The summed E-state index contributed by atoms with van der Waals surface area (Å²) in [6.07, 6.45) is 3.98. The van der Waals surface area contributed by atoms with Crippen LogP contribution in [0.5, 0.6) is 11.5 Å². The summed E-state index contributed by atoms with van der Waals surface area (Å²) in [5.74, 6) is 1.62. The lowest BCUT2D eigenvalue weighted by molar-refractivity contribution is -0.116. The van der Waals surface area contributed by atoms with Gasteiger partial charge >= 0.3 is 0 Å². The maximum absolute atomic E-state index is 11.7. The molecule has 0 aliphatic heterocycles. The number of hydrogen-bond donors (Lipinski definition) is 2. The first kappa shape index (κ1) is 18.9. The van der Waals surface area contributed by atoms with Gasteiger partial charge in [0.25, 0.3) is 0 Å². The molecule has 0 unspecified atom stereocenters. The second kappa shape index (κ2) is 9.13. The Morgan fingerprint density at radius 2 is 1.96 bits per heavy atom. The van der Waals surface area contributed by atoms with Crippen molar-refractivity contribution >= 4 is 34.7 Å². The average Bonchev–Trinajstić information content (AvgIpc) is 2.62. The van der Waals surface area contributed by atoms with Crippen LogP contribution in [0.3, 0.4) is 0 Å². The highest BCUT2D eigenvalue weighted by Gasteiger charge is 2.10. The highest BCUT2D eigenvalue weighted by molar-refractivity contribution is 6.32. The van der Waals surface area contributed by atoms with E-state index in [2.05, 4.69) is 15.6 Å². The van der Waals surface area contributed by atoms with Crippen LogP contribution in [0.1, 0.15) is 26.2 Å². The number of anilines is 3. The van der Waals surface area contributed by atoms with Crippen molar-refractivity contribution in [3.05, 3.63) is 35.5 Å². The van der Waals surface area contributed by atoms with Crippen molar-refractivity contribution < 1.29 is 14.3 Å². The first-order chi connectivity index (χ1) is 12.1. The summed E-state index contributed by atoms with van der Waals surface area (Å²) in [7, 11) is 3.12. The molecular formula is C18H22ClN3O3. The van der Waals surface area contributed by atoms with Crippen LogP contribution >= 0.6 is 11.6 Å². The monoisotopic (exact) mass is 363 g/mol. The van der Waals surface area contributed by atoms with E-state index in [1.54, 1.807) is 38.6 Å². The zero-order valence-electron chi connectivity index (χ0n) is 14.6. The van der Waals surface area contributed by atoms with E-state index in [-0.39, 0.29) is 5.91 Å². The Hall–Kier alpha value is -2.47. The fourth-order valence-electron chi connectivity index (χ4n) is 2.20. The maximum atomic E-state index is 11.7. The number of aromatic nitrogens is 1. The normalized spacial score (nSPS) is 10.2. The predicted molar refractivity (Wildman–Crippen MR) is 100 cm³/mol. The molecule has 1 amide bonds. The van der Waals surface area contributed by atoms with Crippen LogP contribution in [0.25, 0.3) is 0 Å². The van der Waals surface area contributed by atoms with E-state index >= 15 is 0 Å². The Balaban J connectivity index is 2.09. The van der Waals surface area contributed by atoms with E-state index in [4.69, 9.17) is 21.1 Å². The molecule has 0 spiro atoms. The Bertz CT molecular complexity index is 720. The van der Waals surface area contributed by atoms with Gasteiger partial charge in [-0.25, -0.2) is 4.98 Å². The molecular weight excluding hydrogens is 342 g/mol. The maximum Gasteiger partial charge on any atom is 0.225 e. The van der Waals surface area contributed by atoms with Crippen molar-refractivity contribution in [2.24, 2.45) is 0 Å². The second-order valence-electron chi connectivity index (χ2n) is 5.40. The molecule has 1 heterocycles. The number of amides is 1. The first-order valence-electron chi connectivity index (χ1n) is 8.01. The quantitative estimate of drug-likeness (QED) is 0.715. The van der Waals surface area contributed by atoms with Crippen LogP contribution in [0.15, 0.2) is 30.5 Å². The Morgan fingerprint density at radius 1 is 1.20 bits per heavy atom. The van der Waals surface area contributed by atoms with Crippen molar-refractivity contribution in [1.82, 2.24) is 4.98 Å². The molecule has 2 rings (SSSR count). The summed E-state index contributed by atoms with van der Waals surface area (Å²) in [5, 5.41) is 6.44. The predicted octanol–water partition coefficient (Wildman–Crippen LogP) is 4.62. The minimum absolute atomic E-state index is 0.0285. The molecule has 7 heteroatoms. The molecule has 0 aliphatic carbocycles. The van der Waals surface area contributed by atoms with Crippen LogP contribution in [0.4, 0.5) is 17.2 Å². The average molecular weight is 364 g/mol. The van der Waals surface area contributed by atoms with Gasteiger partial charge in [-0.2, -0.15) is 0 Å². The molecule has 0 bridgehead atoms. The van der Waals surface area contributed by atoms with Gasteiger partial charge in [-0.3, -0.25) is 4.79 Å². The van der Waals surface area contributed by atoms with Crippen molar-refractivity contribution in [2.75, 3.05) is 24.9 Å². The van der Waals surface area contributed by atoms with Crippen molar-refractivity contribution in [3.63, 3.8) is 0 Å². The van der Waals surface area contributed by atoms with E-state index in [1.807, 2.05) is 13.0 Å². The molecule has 25 heavy (non-hydrogen) atoms. The lowest BCUT2D eigenvalue weighted by Crippen LogP contribution is -2.12. The number of methoxy groups -OCH3 is 2. The summed E-state index contributed by atoms with van der Waals surface area (Å²) in [5.41, 5.74) is 1.44. The molecule has 1 aromatic heterocycles. The number of ether oxygens (including phenoxy) is 2. The van der Waals surface area contributed by atoms with Crippen LogP contribution < -0.4 is 20.1 Å². The van der Waals surface area contributed by atoms with E-state index < -0.39 is 0 Å². The molecule has 2 aromatic rings. The van der Waals surface area contributed by atoms with Gasteiger partial charge in [0.2, 0.25) is 5.91 Å². The topological polar surface area (TPSA) is 72.5 Å². The van der Waals surface area contributed by atoms with Gasteiger partial charge in [0.15, 0.2) is 0 Å². The number of carbonyl (C=O) groups is 1. The number of carbonyl (C=O) groups excluding carboxylic acids is 1. The third kappa shape index (κ3) is 5.26. The number of pyridine rings is 1. The van der Waals surface area contributed by atoms with Crippen LogP contribution in [-0.2, 0) is 4.79 Å². The number of nitrogens with one attached hydrogen (secondary N) is 2. The van der Waals surface area contributed by atoms with Gasteiger partial charge in [-0.1, -0.05) is 24.9 Å². The smallest absolute Gasteiger partial charge is 0.225 e. The summed E-state index contributed by atoms with van der Waals surface area (Å²) in [6, 6.07) is 6.99. The minimum atomic E-state index is -0.0285. The number of benzene rings is 1. The van der Waals surface area contributed by atoms with Gasteiger partial charge in [-0.05, 0) is 18.6 Å². The third-order valence-corrected chi connectivity index (χ3v) is 3.84. The van der Waals surface area contributed by atoms with Crippen LogP contribution in [-0.4, -0.2) is 25.1 Å². The Kier molecular flexibility index (Phi) is 6.89. The van der Waals surface area contributed by atoms with Crippen molar-refractivity contribution in [1.29, 1.82) is 0 Å². The van der Waals surface area contributed by atoms with E-state index in [9.17, 15) is 4.79 Å². The summed E-state index contributed by atoms with van der Waals surface area (Å²) < 4.78 is 10.6. The van der Waals surface area contributed by atoms with E-state index in [1.165, 1.54) is 0 Å². The molecule has 6 nitrogen and oxygen atoms in total. The number of hydrogen-bond acceptors (Lipinski definition) is 5. The van der Waals surface area contributed by atoms with Crippen LogP contribution in [0.2, 0.25) is 5.02 Å². The van der Waals surface area contributed by atoms with Gasteiger partial charge in [0.1, 0.15) is 17.3 Å². The molecule has 0 fully saturated rings.